The summed E-state index contributed by atoms with van der Waals surface area (Å²) in [5, 5.41) is 9.20. The summed E-state index contributed by atoms with van der Waals surface area (Å²) in [4.78, 5) is 13.5. The fourth-order valence-electron chi connectivity index (χ4n) is 3.69. The van der Waals surface area contributed by atoms with Gasteiger partial charge in [-0.1, -0.05) is 27.2 Å². The van der Waals surface area contributed by atoms with E-state index in [0.717, 1.165) is 18.4 Å². The fraction of sp³-hybridized carbons (Fsp3) is 0.938. The molecule has 0 aromatic heterocycles. The van der Waals surface area contributed by atoms with Gasteiger partial charge in [-0.2, -0.15) is 0 Å². The van der Waals surface area contributed by atoms with Crippen LogP contribution in [0.25, 0.3) is 0 Å². The zero-order chi connectivity index (χ0) is 14.0. The van der Waals surface area contributed by atoms with Crippen LogP contribution in [-0.4, -0.2) is 35.1 Å². The smallest absolute Gasteiger partial charge is 0.317 e. The zero-order valence-electron chi connectivity index (χ0n) is 12.6. The molecule has 3 nitrogen and oxygen atoms in total. The number of carboxylic acids is 1. The number of aliphatic carboxylic acids is 1. The van der Waals surface area contributed by atoms with Gasteiger partial charge in [-0.25, -0.2) is 0 Å². The average Bonchev–Trinajstić information content (AvgIpc) is 3.11. The van der Waals surface area contributed by atoms with E-state index in [1.54, 1.807) is 0 Å². The van der Waals surface area contributed by atoms with Crippen LogP contribution in [0.3, 0.4) is 0 Å². The quantitative estimate of drug-likeness (QED) is 0.803. The van der Waals surface area contributed by atoms with Crippen LogP contribution >= 0.6 is 0 Å². The van der Waals surface area contributed by atoms with Crippen molar-refractivity contribution in [3.63, 3.8) is 0 Å². The Morgan fingerprint density at radius 2 is 1.95 bits per heavy atom. The summed E-state index contributed by atoms with van der Waals surface area (Å²) in [5.74, 6) is 2.18. The van der Waals surface area contributed by atoms with Crippen LogP contribution in [0.2, 0.25) is 0 Å². The second kappa shape index (κ2) is 6.25. The zero-order valence-corrected chi connectivity index (χ0v) is 12.6. The van der Waals surface area contributed by atoms with E-state index in [4.69, 9.17) is 0 Å². The van der Waals surface area contributed by atoms with Crippen LogP contribution in [0.1, 0.15) is 52.9 Å². The highest BCUT2D eigenvalue weighted by atomic mass is 16.4. The fourth-order valence-corrected chi connectivity index (χ4v) is 3.69. The molecule has 0 bridgehead atoms. The highest BCUT2D eigenvalue weighted by molar-refractivity contribution is 5.69. The molecule has 1 N–H and O–H groups in total. The summed E-state index contributed by atoms with van der Waals surface area (Å²) in [7, 11) is 0. The van der Waals surface area contributed by atoms with Crippen molar-refractivity contribution in [2.24, 2.45) is 23.7 Å². The summed E-state index contributed by atoms with van der Waals surface area (Å²) in [6, 6.07) is 0.487. The van der Waals surface area contributed by atoms with Crippen molar-refractivity contribution < 1.29 is 9.90 Å². The molecule has 2 saturated carbocycles. The summed E-state index contributed by atoms with van der Waals surface area (Å²) in [6.45, 7) is 8.15. The third-order valence-electron chi connectivity index (χ3n) is 4.98. The minimum Gasteiger partial charge on any atom is -0.480 e. The molecule has 2 fully saturated rings. The second-order valence-electron chi connectivity index (χ2n) is 7.16. The molecule has 0 aliphatic heterocycles. The molecule has 0 aromatic rings. The van der Waals surface area contributed by atoms with E-state index in [1.165, 1.54) is 32.1 Å². The predicted octanol–water partition coefficient (Wildman–Crippen LogP) is 3.24. The normalized spacial score (nSPS) is 31.9. The van der Waals surface area contributed by atoms with Crippen LogP contribution < -0.4 is 0 Å². The van der Waals surface area contributed by atoms with E-state index in [-0.39, 0.29) is 6.54 Å². The Balaban J connectivity index is 2.07. The lowest BCUT2D eigenvalue weighted by Crippen LogP contribution is -2.48. The van der Waals surface area contributed by atoms with Crippen LogP contribution in [0, 0.1) is 23.7 Å². The standard InChI is InChI=1S/C16H29NO2/c1-11(2)14-7-4-12(3)8-15(14)17(10-16(18)19)9-13-5-6-13/h11-15H,4-10H2,1-3H3,(H,18,19). The number of carboxylic acid groups (broad SMARTS) is 1. The van der Waals surface area contributed by atoms with Gasteiger partial charge in [-0.3, -0.25) is 9.69 Å². The van der Waals surface area contributed by atoms with Gasteiger partial charge in [-0.15, -0.1) is 0 Å². The first-order chi connectivity index (χ1) is 8.97. The van der Waals surface area contributed by atoms with E-state index in [2.05, 4.69) is 25.7 Å². The van der Waals surface area contributed by atoms with Crippen molar-refractivity contribution in [1.82, 2.24) is 4.90 Å². The maximum absolute atomic E-state index is 11.2. The second-order valence-corrected chi connectivity index (χ2v) is 7.16. The Hall–Kier alpha value is -0.570. The van der Waals surface area contributed by atoms with Crippen molar-refractivity contribution in [3.8, 4) is 0 Å². The SMILES string of the molecule is CC1CCC(C(C)C)C(N(CC(=O)O)CC2CC2)C1. The monoisotopic (exact) mass is 267 g/mol. The van der Waals surface area contributed by atoms with Crippen molar-refractivity contribution in [2.45, 2.75) is 58.9 Å². The molecule has 3 heteroatoms. The Labute approximate surface area is 117 Å². The highest BCUT2D eigenvalue weighted by Crippen LogP contribution is 2.38. The summed E-state index contributed by atoms with van der Waals surface area (Å²) in [5.41, 5.74) is 0. The van der Waals surface area contributed by atoms with Gasteiger partial charge in [0.15, 0.2) is 0 Å². The molecule has 19 heavy (non-hydrogen) atoms. The molecule has 0 amide bonds. The molecular weight excluding hydrogens is 238 g/mol. The van der Waals surface area contributed by atoms with Gasteiger partial charge >= 0.3 is 5.97 Å². The minimum atomic E-state index is -0.665. The molecule has 110 valence electrons. The van der Waals surface area contributed by atoms with E-state index in [9.17, 15) is 9.90 Å². The molecule has 3 atom stereocenters. The van der Waals surface area contributed by atoms with Gasteiger partial charge in [0, 0.05) is 12.6 Å². The lowest BCUT2D eigenvalue weighted by Gasteiger charge is -2.43. The summed E-state index contributed by atoms with van der Waals surface area (Å²) < 4.78 is 0. The number of nitrogens with zero attached hydrogens (tertiary/aromatic N) is 1. The van der Waals surface area contributed by atoms with Crippen LogP contribution in [0.4, 0.5) is 0 Å². The lowest BCUT2D eigenvalue weighted by molar-refractivity contribution is -0.139. The van der Waals surface area contributed by atoms with Gasteiger partial charge in [0.2, 0.25) is 0 Å². The van der Waals surface area contributed by atoms with Crippen molar-refractivity contribution in [2.75, 3.05) is 13.1 Å². The number of carbonyl (C=O) groups is 1. The van der Waals surface area contributed by atoms with Gasteiger partial charge in [0.1, 0.15) is 0 Å². The molecule has 2 aliphatic carbocycles. The molecule has 0 radical (unpaired) electrons. The van der Waals surface area contributed by atoms with E-state index in [1.807, 2.05) is 0 Å². The topological polar surface area (TPSA) is 40.5 Å². The average molecular weight is 267 g/mol. The molecule has 2 rings (SSSR count). The Morgan fingerprint density at radius 3 is 2.47 bits per heavy atom. The third-order valence-corrected chi connectivity index (χ3v) is 4.98. The maximum atomic E-state index is 11.2. The predicted molar refractivity (Wildman–Crippen MR) is 77.1 cm³/mol. The van der Waals surface area contributed by atoms with Crippen LogP contribution in [0.5, 0.6) is 0 Å². The Morgan fingerprint density at radius 1 is 1.26 bits per heavy atom. The van der Waals surface area contributed by atoms with E-state index >= 15 is 0 Å². The van der Waals surface area contributed by atoms with Crippen molar-refractivity contribution in [3.05, 3.63) is 0 Å². The largest absolute Gasteiger partial charge is 0.480 e. The Bertz CT molecular complexity index is 312. The molecular formula is C16H29NO2. The summed E-state index contributed by atoms with van der Waals surface area (Å²) in [6.07, 6.45) is 6.35. The van der Waals surface area contributed by atoms with Crippen molar-refractivity contribution >= 4 is 5.97 Å². The highest BCUT2D eigenvalue weighted by Gasteiger charge is 2.37. The number of hydrogen-bond acceptors (Lipinski definition) is 2. The van der Waals surface area contributed by atoms with Gasteiger partial charge in [-0.05, 0) is 49.4 Å². The van der Waals surface area contributed by atoms with Crippen LogP contribution in [0.15, 0.2) is 0 Å². The minimum absolute atomic E-state index is 0.233. The number of rotatable bonds is 6. The summed E-state index contributed by atoms with van der Waals surface area (Å²) >= 11 is 0. The molecule has 3 unspecified atom stereocenters. The van der Waals surface area contributed by atoms with Gasteiger partial charge in [0.05, 0.1) is 6.54 Å². The molecule has 0 aromatic carbocycles. The van der Waals surface area contributed by atoms with Gasteiger partial charge in [0.25, 0.3) is 0 Å². The van der Waals surface area contributed by atoms with E-state index in [0.29, 0.717) is 17.9 Å². The molecule has 0 spiro atoms. The lowest BCUT2D eigenvalue weighted by atomic mass is 9.73. The maximum Gasteiger partial charge on any atom is 0.317 e. The molecule has 0 heterocycles. The van der Waals surface area contributed by atoms with Crippen LogP contribution in [-0.2, 0) is 4.79 Å². The first kappa shape index (κ1) is 14.8. The Kier molecular flexibility index (Phi) is 4.88. The number of hydrogen-bond donors (Lipinski definition) is 1. The molecule has 2 aliphatic rings. The van der Waals surface area contributed by atoms with Crippen molar-refractivity contribution in [1.29, 1.82) is 0 Å². The first-order valence-electron chi connectivity index (χ1n) is 7.93. The van der Waals surface area contributed by atoms with Gasteiger partial charge < -0.3 is 5.11 Å². The first-order valence-corrected chi connectivity index (χ1v) is 7.93. The third kappa shape index (κ3) is 4.20. The molecule has 0 saturated heterocycles. The van der Waals surface area contributed by atoms with E-state index < -0.39 is 5.97 Å².